The summed E-state index contributed by atoms with van der Waals surface area (Å²) in [6, 6.07) is 5.95. The number of hydrogen-bond donors (Lipinski definition) is 1. The van der Waals surface area contributed by atoms with E-state index in [0.717, 1.165) is 48.7 Å². The van der Waals surface area contributed by atoms with E-state index in [9.17, 15) is 4.79 Å². The zero-order valence-electron chi connectivity index (χ0n) is 16.7. The molecule has 1 saturated heterocycles. The van der Waals surface area contributed by atoms with E-state index in [2.05, 4.69) is 20.4 Å². The fraction of sp³-hybridized carbons (Fsp3) is 0.429. The second-order valence-electron chi connectivity index (χ2n) is 7.48. The molecule has 0 spiro atoms. The Bertz CT molecular complexity index is 969. The summed E-state index contributed by atoms with van der Waals surface area (Å²) in [5.74, 6) is 1.73. The average molecular weight is 412 g/mol. The highest BCUT2D eigenvalue weighted by Crippen LogP contribution is 2.33. The molecule has 0 saturated carbocycles. The number of aryl methyl sites for hydroxylation is 2. The summed E-state index contributed by atoms with van der Waals surface area (Å²) in [5, 5.41) is 9.04. The topological polar surface area (TPSA) is 84.2 Å². The molecule has 4 heterocycles. The summed E-state index contributed by atoms with van der Waals surface area (Å²) in [6.45, 7) is 6.51. The molecular formula is C21H25N5O2S. The highest BCUT2D eigenvalue weighted by atomic mass is 32.1. The van der Waals surface area contributed by atoms with E-state index in [-0.39, 0.29) is 11.8 Å². The lowest BCUT2D eigenvalue weighted by atomic mass is 9.91. The summed E-state index contributed by atoms with van der Waals surface area (Å²) in [7, 11) is 0. The van der Waals surface area contributed by atoms with Crippen molar-refractivity contribution in [2.45, 2.75) is 39.2 Å². The number of aromatic nitrogens is 3. The van der Waals surface area contributed by atoms with Crippen LogP contribution in [0, 0.1) is 13.8 Å². The quantitative estimate of drug-likeness (QED) is 0.670. The molecule has 1 fully saturated rings. The lowest BCUT2D eigenvalue weighted by Gasteiger charge is -2.32. The van der Waals surface area contributed by atoms with Gasteiger partial charge in [-0.05, 0) is 44.7 Å². The Morgan fingerprint density at radius 2 is 2.31 bits per heavy atom. The van der Waals surface area contributed by atoms with Crippen LogP contribution in [-0.4, -0.2) is 45.6 Å². The Morgan fingerprint density at radius 3 is 3.07 bits per heavy atom. The summed E-state index contributed by atoms with van der Waals surface area (Å²) in [4.78, 5) is 24.9. The normalized spacial score (nSPS) is 17.4. The van der Waals surface area contributed by atoms with Crippen LogP contribution in [0.2, 0.25) is 0 Å². The van der Waals surface area contributed by atoms with Crippen LogP contribution in [0.5, 0.6) is 0 Å². The summed E-state index contributed by atoms with van der Waals surface area (Å²) in [6.07, 6.45) is 3.88. The van der Waals surface area contributed by atoms with Gasteiger partial charge >= 0.3 is 0 Å². The molecule has 0 aliphatic carbocycles. The Kier molecular flexibility index (Phi) is 6.01. The number of carbonyl (C=O) groups excluding carboxylic acids is 1. The number of nitrogens with one attached hydrogen (secondary N) is 1. The fourth-order valence-corrected chi connectivity index (χ4v) is 4.40. The maximum absolute atomic E-state index is 12.4. The molecule has 1 aliphatic rings. The highest BCUT2D eigenvalue weighted by molar-refractivity contribution is 7.09. The van der Waals surface area contributed by atoms with E-state index in [1.165, 1.54) is 4.88 Å². The standard InChI is InChI=1S/C21H25N5O2S/c1-14-9-19(28-25-14)18-11-22-15(2)24-21(18)16-5-3-7-26(12-16)13-20(27)23-10-17-6-4-8-29-17/h4,6,8-9,11,16H,3,5,7,10,12-13H2,1-2H3,(H,23,27)/t16-/m1/s1. The van der Waals surface area contributed by atoms with Crippen LogP contribution in [0.3, 0.4) is 0 Å². The molecule has 0 bridgehead atoms. The zero-order valence-corrected chi connectivity index (χ0v) is 17.5. The first-order chi connectivity index (χ1) is 14.1. The number of nitrogens with zero attached hydrogens (tertiary/aromatic N) is 4. The lowest BCUT2D eigenvalue weighted by Crippen LogP contribution is -2.42. The second kappa shape index (κ2) is 8.84. The van der Waals surface area contributed by atoms with Crippen LogP contribution in [-0.2, 0) is 11.3 Å². The molecule has 7 nitrogen and oxygen atoms in total. The Morgan fingerprint density at radius 1 is 1.41 bits per heavy atom. The molecule has 1 amide bonds. The van der Waals surface area contributed by atoms with Crippen molar-refractivity contribution in [2.75, 3.05) is 19.6 Å². The van der Waals surface area contributed by atoms with Crippen LogP contribution < -0.4 is 5.32 Å². The van der Waals surface area contributed by atoms with Crippen LogP contribution in [0.15, 0.2) is 34.3 Å². The molecular weight excluding hydrogens is 386 g/mol. The molecule has 1 aliphatic heterocycles. The van der Waals surface area contributed by atoms with Gasteiger partial charge in [0.25, 0.3) is 0 Å². The van der Waals surface area contributed by atoms with Crippen LogP contribution in [0.25, 0.3) is 11.3 Å². The van der Waals surface area contributed by atoms with Gasteiger partial charge in [-0.2, -0.15) is 0 Å². The first kappa shape index (κ1) is 19.7. The van der Waals surface area contributed by atoms with Crippen LogP contribution >= 0.6 is 11.3 Å². The van der Waals surface area contributed by atoms with Crippen molar-refractivity contribution in [3.05, 3.63) is 51.9 Å². The molecule has 0 aromatic carbocycles. The third kappa shape index (κ3) is 4.89. The van der Waals surface area contributed by atoms with Crippen molar-refractivity contribution >= 4 is 17.2 Å². The third-order valence-electron chi connectivity index (χ3n) is 5.13. The van der Waals surface area contributed by atoms with Gasteiger partial charge in [0.05, 0.1) is 30.0 Å². The molecule has 0 unspecified atom stereocenters. The maximum atomic E-state index is 12.4. The van der Waals surface area contributed by atoms with E-state index in [0.29, 0.717) is 18.8 Å². The molecule has 152 valence electrons. The average Bonchev–Trinajstić information content (AvgIpc) is 3.38. The Hall–Kier alpha value is -2.58. The van der Waals surface area contributed by atoms with Gasteiger partial charge in [0.2, 0.25) is 5.91 Å². The molecule has 3 aromatic heterocycles. The van der Waals surface area contributed by atoms with Crippen molar-refractivity contribution in [3.8, 4) is 11.3 Å². The van der Waals surface area contributed by atoms with Crippen molar-refractivity contribution in [1.29, 1.82) is 0 Å². The van der Waals surface area contributed by atoms with Crippen molar-refractivity contribution in [2.24, 2.45) is 0 Å². The minimum atomic E-state index is 0.0593. The largest absolute Gasteiger partial charge is 0.356 e. The second-order valence-corrected chi connectivity index (χ2v) is 8.51. The molecule has 8 heteroatoms. The van der Waals surface area contributed by atoms with E-state index in [1.54, 1.807) is 11.3 Å². The minimum absolute atomic E-state index is 0.0593. The van der Waals surface area contributed by atoms with E-state index in [1.807, 2.05) is 43.6 Å². The fourth-order valence-electron chi connectivity index (χ4n) is 3.76. The number of rotatable bonds is 6. The molecule has 1 atom stereocenters. The van der Waals surface area contributed by atoms with Crippen molar-refractivity contribution in [1.82, 2.24) is 25.3 Å². The molecule has 0 radical (unpaired) electrons. The molecule has 29 heavy (non-hydrogen) atoms. The van der Waals surface area contributed by atoms with Gasteiger partial charge in [-0.25, -0.2) is 9.97 Å². The lowest BCUT2D eigenvalue weighted by molar-refractivity contribution is -0.122. The first-order valence-corrected chi connectivity index (χ1v) is 10.7. The van der Waals surface area contributed by atoms with Crippen molar-refractivity contribution < 1.29 is 9.32 Å². The maximum Gasteiger partial charge on any atom is 0.234 e. The number of amides is 1. The molecule has 4 rings (SSSR count). The smallest absolute Gasteiger partial charge is 0.234 e. The van der Waals surface area contributed by atoms with Gasteiger partial charge in [-0.15, -0.1) is 11.3 Å². The summed E-state index contributed by atoms with van der Waals surface area (Å²) < 4.78 is 5.47. The summed E-state index contributed by atoms with van der Waals surface area (Å²) in [5.41, 5.74) is 2.71. The van der Waals surface area contributed by atoms with E-state index in [4.69, 9.17) is 9.51 Å². The van der Waals surface area contributed by atoms with Gasteiger partial charge in [0.1, 0.15) is 5.82 Å². The van der Waals surface area contributed by atoms with Gasteiger partial charge in [0, 0.05) is 29.6 Å². The monoisotopic (exact) mass is 411 g/mol. The van der Waals surface area contributed by atoms with Crippen LogP contribution in [0.4, 0.5) is 0 Å². The predicted octanol–water partition coefficient (Wildman–Crippen LogP) is 3.31. The Balaban J connectivity index is 1.44. The highest BCUT2D eigenvalue weighted by Gasteiger charge is 2.27. The number of likely N-dealkylation sites (tertiary alicyclic amines) is 1. The van der Waals surface area contributed by atoms with E-state index >= 15 is 0 Å². The number of hydrogen-bond acceptors (Lipinski definition) is 7. The Labute approximate surface area is 174 Å². The number of thiophene rings is 1. The first-order valence-electron chi connectivity index (χ1n) is 9.87. The van der Waals surface area contributed by atoms with Gasteiger partial charge in [-0.1, -0.05) is 11.2 Å². The minimum Gasteiger partial charge on any atom is -0.356 e. The summed E-state index contributed by atoms with van der Waals surface area (Å²) >= 11 is 1.65. The number of carbonyl (C=O) groups is 1. The van der Waals surface area contributed by atoms with Gasteiger partial charge in [-0.3, -0.25) is 9.69 Å². The van der Waals surface area contributed by atoms with E-state index < -0.39 is 0 Å². The SMILES string of the molecule is Cc1cc(-c2cnc(C)nc2[C@@H]2CCCN(CC(=O)NCc3cccs3)C2)on1. The molecule has 3 aromatic rings. The van der Waals surface area contributed by atoms with Gasteiger partial charge in [0.15, 0.2) is 5.76 Å². The number of piperidine rings is 1. The predicted molar refractivity (Wildman–Crippen MR) is 112 cm³/mol. The van der Waals surface area contributed by atoms with Gasteiger partial charge < -0.3 is 9.84 Å². The van der Waals surface area contributed by atoms with Crippen LogP contribution in [0.1, 0.15) is 40.8 Å². The van der Waals surface area contributed by atoms with Crippen molar-refractivity contribution in [3.63, 3.8) is 0 Å². The third-order valence-corrected chi connectivity index (χ3v) is 6.01. The zero-order chi connectivity index (χ0) is 20.2. The molecule has 1 N–H and O–H groups in total.